The highest BCUT2D eigenvalue weighted by Crippen LogP contribution is 2.16. The molecule has 29 heavy (non-hydrogen) atoms. The van der Waals surface area contributed by atoms with Gasteiger partial charge < -0.3 is 14.0 Å². The highest BCUT2D eigenvalue weighted by molar-refractivity contribution is 5.94. The van der Waals surface area contributed by atoms with Gasteiger partial charge in [0.1, 0.15) is 23.8 Å². The van der Waals surface area contributed by atoms with Crippen molar-refractivity contribution in [2.45, 2.75) is 13.2 Å². The van der Waals surface area contributed by atoms with Gasteiger partial charge in [0.05, 0.1) is 5.69 Å². The maximum Gasteiger partial charge on any atom is 0.253 e. The van der Waals surface area contributed by atoms with E-state index in [1.807, 2.05) is 35.0 Å². The molecule has 0 bridgehead atoms. The second kappa shape index (κ2) is 8.14. The minimum Gasteiger partial charge on any atom is -0.487 e. The summed E-state index contributed by atoms with van der Waals surface area (Å²) in [6.07, 6.45) is 3.86. The van der Waals surface area contributed by atoms with Crippen molar-refractivity contribution in [2.75, 3.05) is 7.05 Å². The first-order valence-corrected chi connectivity index (χ1v) is 9.24. The van der Waals surface area contributed by atoms with Crippen LogP contribution in [0.25, 0.3) is 5.65 Å². The molecular formula is C23H20FN3O2. The molecule has 0 aliphatic carbocycles. The van der Waals surface area contributed by atoms with Crippen LogP contribution < -0.4 is 4.74 Å². The van der Waals surface area contributed by atoms with Gasteiger partial charge in [-0.2, -0.15) is 0 Å². The molecule has 146 valence electrons. The predicted octanol–water partition coefficient (Wildman–Crippen LogP) is 4.32. The monoisotopic (exact) mass is 389 g/mol. The van der Waals surface area contributed by atoms with Crippen molar-refractivity contribution in [3.63, 3.8) is 0 Å². The minimum atomic E-state index is -0.310. The summed E-state index contributed by atoms with van der Waals surface area (Å²) < 4.78 is 21.0. The molecule has 6 heteroatoms. The average Bonchev–Trinajstić information content (AvgIpc) is 3.15. The van der Waals surface area contributed by atoms with E-state index in [-0.39, 0.29) is 11.7 Å². The lowest BCUT2D eigenvalue weighted by Crippen LogP contribution is -2.26. The minimum absolute atomic E-state index is 0.138. The van der Waals surface area contributed by atoms with Crippen molar-refractivity contribution in [3.05, 3.63) is 102 Å². The normalized spacial score (nSPS) is 10.8. The SMILES string of the molecule is CN(Cc1cccc(F)c1)C(=O)c1ccc(OCc2cn3ccccc3n2)cc1. The Kier molecular flexibility index (Phi) is 5.24. The third-order valence-electron chi connectivity index (χ3n) is 4.56. The van der Waals surface area contributed by atoms with Gasteiger partial charge in [-0.25, -0.2) is 9.37 Å². The van der Waals surface area contributed by atoms with Crippen LogP contribution in [0.3, 0.4) is 0 Å². The molecule has 0 N–H and O–H groups in total. The third kappa shape index (κ3) is 4.43. The van der Waals surface area contributed by atoms with Gasteiger partial charge in [-0.3, -0.25) is 4.79 Å². The number of rotatable bonds is 6. The van der Waals surface area contributed by atoms with E-state index < -0.39 is 0 Å². The molecule has 0 saturated heterocycles. The molecule has 1 amide bonds. The summed E-state index contributed by atoms with van der Waals surface area (Å²) in [5.74, 6) is 0.211. The van der Waals surface area contributed by atoms with Crippen molar-refractivity contribution in [1.29, 1.82) is 0 Å². The van der Waals surface area contributed by atoms with Crippen molar-refractivity contribution < 1.29 is 13.9 Å². The molecule has 5 nitrogen and oxygen atoms in total. The molecule has 2 aromatic carbocycles. The third-order valence-corrected chi connectivity index (χ3v) is 4.56. The maximum absolute atomic E-state index is 13.3. The maximum atomic E-state index is 13.3. The predicted molar refractivity (Wildman–Crippen MR) is 108 cm³/mol. The number of aromatic nitrogens is 2. The fourth-order valence-corrected chi connectivity index (χ4v) is 3.11. The first kappa shape index (κ1) is 18.7. The highest BCUT2D eigenvalue weighted by Gasteiger charge is 2.12. The molecule has 2 heterocycles. The number of imidazole rings is 1. The standard InChI is InChI=1S/C23H20FN3O2/c1-26(14-17-5-4-6-19(24)13-17)23(28)18-8-10-21(11-9-18)29-16-20-15-27-12-3-2-7-22(27)25-20/h2-13,15H,14,16H2,1H3. The van der Waals surface area contributed by atoms with Crippen LogP contribution in [0, 0.1) is 5.82 Å². The number of fused-ring (bicyclic) bond motifs is 1. The van der Waals surface area contributed by atoms with Crippen molar-refractivity contribution in [1.82, 2.24) is 14.3 Å². The zero-order valence-corrected chi connectivity index (χ0v) is 16.0. The molecule has 0 radical (unpaired) electrons. The van der Waals surface area contributed by atoms with Crippen molar-refractivity contribution in [3.8, 4) is 5.75 Å². The number of nitrogens with zero attached hydrogens (tertiary/aromatic N) is 3. The van der Waals surface area contributed by atoms with E-state index in [9.17, 15) is 9.18 Å². The van der Waals surface area contributed by atoms with E-state index in [0.717, 1.165) is 16.9 Å². The van der Waals surface area contributed by atoms with E-state index in [1.54, 1.807) is 48.3 Å². The number of carbonyl (C=O) groups excluding carboxylic acids is 1. The molecule has 0 spiro atoms. The van der Waals surface area contributed by atoms with Crippen molar-refractivity contribution >= 4 is 11.6 Å². The molecule has 0 unspecified atom stereocenters. The Balaban J connectivity index is 1.37. The molecule has 0 saturated carbocycles. The van der Waals surface area contributed by atoms with Gasteiger partial charge in [-0.05, 0) is 54.1 Å². The van der Waals surface area contributed by atoms with Crippen LogP contribution in [-0.4, -0.2) is 27.2 Å². The van der Waals surface area contributed by atoms with Gasteiger partial charge in [0.2, 0.25) is 0 Å². The largest absolute Gasteiger partial charge is 0.487 e. The van der Waals surface area contributed by atoms with E-state index in [0.29, 0.717) is 24.5 Å². The summed E-state index contributed by atoms with van der Waals surface area (Å²) >= 11 is 0. The van der Waals surface area contributed by atoms with Crippen LogP contribution in [0.1, 0.15) is 21.6 Å². The Morgan fingerprint density at radius 1 is 1.10 bits per heavy atom. The average molecular weight is 389 g/mol. The lowest BCUT2D eigenvalue weighted by molar-refractivity contribution is 0.0785. The summed E-state index contributed by atoms with van der Waals surface area (Å²) in [5.41, 5.74) is 2.98. The van der Waals surface area contributed by atoms with E-state index >= 15 is 0 Å². The zero-order valence-electron chi connectivity index (χ0n) is 16.0. The Bertz CT molecular complexity index is 1110. The fourth-order valence-electron chi connectivity index (χ4n) is 3.11. The lowest BCUT2D eigenvalue weighted by Gasteiger charge is -2.17. The Morgan fingerprint density at radius 3 is 2.69 bits per heavy atom. The van der Waals surface area contributed by atoms with Gasteiger partial charge >= 0.3 is 0 Å². The van der Waals surface area contributed by atoms with Gasteiger partial charge in [0.15, 0.2) is 0 Å². The van der Waals surface area contributed by atoms with Gasteiger partial charge in [-0.1, -0.05) is 18.2 Å². The first-order valence-electron chi connectivity index (χ1n) is 9.24. The Hall–Kier alpha value is -3.67. The second-order valence-corrected chi connectivity index (χ2v) is 6.80. The van der Waals surface area contributed by atoms with Gasteiger partial charge in [0.25, 0.3) is 5.91 Å². The smallest absolute Gasteiger partial charge is 0.253 e. The second-order valence-electron chi connectivity index (χ2n) is 6.80. The fraction of sp³-hybridized carbons (Fsp3) is 0.130. The van der Waals surface area contributed by atoms with Crippen LogP contribution >= 0.6 is 0 Å². The topological polar surface area (TPSA) is 46.8 Å². The summed E-state index contributed by atoms with van der Waals surface area (Å²) in [6.45, 7) is 0.678. The molecule has 0 atom stereocenters. The quantitative estimate of drug-likeness (QED) is 0.493. The Morgan fingerprint density at radius 2 is 1.93 bits per heavy atom. The van der Waals surface area contributed by atoms with Crippen LogP contribution in [0.5, 0.6) is 5.75 Å². The molecule has 4 aromatic rings. The van der Waals surface area contributed by atoms with Gasteiger partial charge in [-0.15, -0.1) is 0 Å². The molecule has 0 aliphatic rings. The molecule has 2 aromatic heterocycles. The molecule has 4 rings (SSSR count). The van der Waals surface area contributed by atoms with E-state index in [2.05, 4.69) is 4.98 Å². The van der Waals surface area contributed by atoms with Crippen molar-refractivity contribution in [2.24, 2.45) is 0 Å². The number of halogens is 1. The summed E-state index contributed by atoms with van der Waals surface area (Å²) in [6, 6.07) is 19.0. The number of hydrogen-bond acceptors (Lipinski definition) is 3. The highest BCUT2D eigenvalue weighted by atomic mass is 19.1. The van der Waals surface area contributed by atoms with Crippen LogP contribution in [-0.2, 0) is 13.2 Å². The summed E-state index contributed by atoms with van der Waals surface area (Å²) in [5, 5.41) is 0. The number of pyridine rings is 1. The van der Waals surface area contributed by atoms with E-state index in [1.165, 1.54) is 12.1 Å². The zero-order chi connectivity index (χ0) is 20.2. The number of ether oxygens (including phenoxy) is 1. The lowest BCUT2D eigenvalue weighted by atomic mass is 10.1. The molecular weight excluding hydrogens is 369 g/mol. The Labute approximate surface area is 168 Å². The number of amides is 1. The number of carbonyl (C=O) groups is 1. The molecule has 0 fully saturated rings. The molecule has 0 aliphatic heterocycles. The van der Waals surface area contributed by atoms with Crippen LogP contribution in [0.15, 0.2) is 79.1 Å². The summed E-state index contributed by atoms with van der Waals surface area (Å²) in [4.78, 5) is 18.7. The summed E-state index contributed by atoms with van der Waals surface area (Å²) in [7, 11) is 1.70. The number of hydrogen-bond donors (Lipinski definition) is 0. The van der Waals surface area contributed by atoms with Crippen LogP contribution in [0.4, 0.5) is 4.39 Å². The first-order chi connectivity index (χ1) is 14.1. The number of benzene rings is 2. The van der Waals surface area contributed by atoms with Crippen LogP contribution in [0.2, 0.25) is 0 Å². The van der Waals surface area contributed by atoms with E-state index in [4.69, 9.17) is 4.74 Å². The van der Waals surface area contributed by atoms with Gasteiger partial charge in [0, 0.05) is 31.5 Å².